The molecule has 1 saturated heterocycles. The van der Waals surface area contributed by atoms with Crippen molar-refractivity contribution in [3.05, 3.63) is 35.9 Å². The molecule has 4 nitrogen and oxygen atoms in total. The quantitative estimate of drug-likeness (QED) is 0.884. The minimum absolute atomic E-state index is 0.0611. The Bertz CT molecular complexity index is 464. The summed E-state index contributed by atoms with van der Waals surface area (Å²) in [6.45, 7) is 2.40. The van der Waals surface area contributed by atoms with Crippen molar-refractivity contribution in [3.63, 3.8) is 0 Å². The van der Waals surface area contributed by atoms with Gasteiger partial charge in [-0.05, 0) is 18.9 Å². The van der Waals surface area contributed by atoms with Crippen LogP contribution in [0.25, 0.3) is 0 Å². The second kappa shape index (κ2) is 6.30. The topological polar surface area (TPSA) is 49.4 Å². The van der Waals surface area contributed by atoms with E-state index in [2.05, 4.69) is 5.32 Å². The minimum atomic E-state index is -0.812. The molecule has 3 atom stereocenters. The molecule has 1 aliphatic rings. The van der Waals surface area contributed by atoms with E-state index in [0.29, 0.717) is 12.3 Å². The van der Waals surface area contributed by atoms with Gasteiger partial charge in [0.15, 0.2) is 0 Å². The molecule has 0 spiro atoms. The fourth-order valence-corrected chi connectivity index (χ4v) is 3.08. The Morgan fingerprint density at radius 2 is 2.11 bits per heavy atom. The van der Waals surface area contributed by atoms with Gasteiger partial charge in [-0.3, -0.25) is 14.3 Å². The Morgan fingerprint density at radius 1 is 1.42 bits per heavy atom. The summed E-state index contributed by atoms with van der Waals surface area (Å²) in [4.78, 5) is 13.9. The third-order valence-electron chi connectivity index (χ3n) is 3.43. The summed E-state index contributed by atoms with van der Waals surface area (Å²) in [5.74, 6) is 0.746. The lowest BCUT2D eigenvalue weighted by molar-refractivity contribution is -0.130. The summed E-state index contributed by atoms with van der Waals surface area (Å²) in [6, 6.07) is 10.1. The van der Waals surface area contributed by atoms with E-state index >= 15 is 0 Å². The lowest BCUT2D eigenvalue weighted by Crippen LogP contribution is -2.38. The van der Waals surface area contributed by atoms with E-state index in [1.54, 1.807) is 6.26 Å². The number of carbonyl (C=O) groups excluding carboxylic acids is 1. The first-order valence-corrected chi connectivity index (χ1v) is 8.22. The lowest BCUT2D eigenvalue weighted by Gasteiger charge is -2.30. The molecule has 0 bridgehead atoms. The average molecular weight is 280 g/mol. The van der Waals surface area contributed by atoms with Crippen LogP contribution in [0.2, 0.25) is 0 Å². The molecule has 0 radical (unpaired) electrons. The summed E-state index contributed by atoms with van der Waals surface area (Å²) >= 11 is 0. The highest BCUT2D eigenvalue weighted by Gasteiger charge is 2.34. The van der Waals surface area contributed by atoms with Gasteiger partial charge in [0.1, 0.15) is 6.17 Å². The molecule has 0 saturated carbocycles. The number of hydrogen-bond donors (Lipinski definition) is 1. The molecule has 5 heteroatoms. The van der Waals surface area contributed by atoms with Crippen molar-refractivity contribution in [1.29, 1.82) is 0 Å². The summed E-state index contributed by atoms with van der Waals surface area (Å²) < 4.78 is 11.2. The number of amides is 1. The van der Waals surface area contributed by atoms with E-state index in [1.807, 2.05) is 42.2 Å². The smallest absolute Gasteiger partial charge is 0.238 e. The molecule has 1 aromatic carbocycles. The number of hydrogen-bond acceptors (Lipinski definition) is 3. The summed E-state index contributed by atoms with van der Waals surface area (Å²) in [5.41, 5.74) is 1.10. The van der Waals surface area contributed by atoms with Crippen LogP contribution in [0.15, 0.2) is 30.3 Å². The number of rotatable bonds is 5. The van der Waals surface area contributed by atoms with E-state index in [0.717, 1.165) is 12.0 Å². The van der Waals surface area contributed by atoms with Crippen LogP contribution in [-0.4, -0.2) is 39.6 Å². The van der Waals surface area contributed by atoms with Gasteiger partial charge in [0.25, 0.3) is 0 Å². The van der Waals surface area contributed by atoms with Crippen LogP contribution in [0.3, 0.4) is 0 Å². The maximum absolute atomic E-state index is 12.0. The maximum atomic E-state index is 12.0. The zero-order valence-corrected chi connectivity index (χ0v) is 12.2. The van der Waals surface area contributed by atoms with Crippen molar-refractivity contribution in [2.24, 2.45) is 0 Å². The SMILES string of the molecule is CC(CCS(C)=O)N1C(=O)CNC1c1ccccc1. The standard InChI is InChI=1S/C14H20N2O2S/c1-11(8-9-19(2)18)16-13(17)10-15-14(16)12-6-4-3-5-7-12/h3-7,11,14-15H,8-10H2,1-2H3. The third kappa shape index (κ3) is 3.42. The molecule has 3 unspecified atom stereocenters. The van der Waals surface area contributed by atoms with Gasteiger partial charge in [0.05, 0.1) is 6.54 Å². The van der Waals surface area contributed by atoms with Crippen LogP contribution in [0.1, 0.15) is 25.1 Å². The molecular formula is C14H20N2O2S. The second-order valence-corrected chi connectivity index (χ2v) is 6.46. The molecule has 104 valence electrons. The fourth-order valence-electron chi connectivity index (χ4n) is 2.41. The van der Waals surface area contributed by atoms with E-state index in [1.165, 1.54) is 0 Å². The highest BCUT2D eigenvalue weighted by molar-refractivity contribution is 7.84. The molecule has 2 rings (SSSR count). The zero-order chi connectivity index (χ0) is 13.8. The summed E-state index contributed by atoms with van der Waals surface area (Å²) in [5, 5.41) is 3.24. The van der Waals surface area contributed by atoms with Gasteiger partial charge < -0.3 is 4.90 Å². The predicted molar refractivity (Wildman–Crippen MR) is 77.0 cm³/mol. The highest BCUT2D eigenvalue weighted by atomic mass is 32.2. The molecule has 1 aliphatic heterocycles. The first kappa shape index (κ1) is 14.2. The monoisotopic (exact) mass is 280 g/mol. The van der Waals surface area contributed by atoms with Gasteiger partial charge in [-0.15, -0.1) is 0 Å². The zero-order valence-electron chi connectivity index (χ0n) is 11.3. The second-order valence-electron chi connectivity index (χ2n) is 4.91. The molecule has 19 heavy (non-hydrogen) atoms. The first-order chi connectivity index (χ1) is 9.09. The van der Waals surface area contributed by atoms with Crippen molar-refractivity contribution < 1.29 is 9.00 Å². The largest absolute Gasteiger partial charge is 0.319 e. The highest BCUT2D eigenvalue weighted by Crippen LogP contribution is 2.25. The minimum Gasteiger partial charge on any atom is -0.319 e. The van der Waals surface area contributed by atoms with Crippen molar-refractivity contribution in [2.45, 2.75) is 25.6 Å². The Balaban J connectivity index is 2.11. The van der Waals surface area contributed by atoms with E-state index < -0.39 is 10.8 Å². The molecule has 0 aliphatic carbocycles. The van der Waals surface area contributed by atoms with Crippen molar-refractivity contribution in [1.82, 2.24) is 10.2 Å². The third-order valence-corrected chi connectivity index (χ3v) is 4.24. The molecular weight excluding hydrogens is 260 g/mol. The normalized spacial score (nSPS) is 22.5. The number of benzene rings is 1. The van der Waals surface area contributed by atoms with Crippen molar-refractivity contribution >= 4 is 16.7 Å². The van der Waals surface area contributed by atoms with Crippen LogP contribution < -0.4 is 5.32 Å². The van der Waals surface area contributed by atoms with Gasteiger partial charge in [-0.25, -0.2) is 0 Å². The van der Waals surface area contributed by atoms with Crippen LogP contribution in [0.4, 0.5) is 0 Å². The molecule has 1 heterocycles. The first-order valence-electron chi connectivity index (χ1n) is 6.49. The van der Waals surface area contributed by atoms with Crippen LogP contribution >= 0.6 is 0 Å². The summed E-state index contributed by atoms with van der Waals surface area (Å²) in [7, 11) is -0.812. The average Bonchev–Trinajstić information content (AvgIpc) is 2.79. The predicted octanol–water partition coefficient (Wildman–Crippen LogP) is 1.27. The van der Waals surface area contributed by atoms with Gasteiger partial charge in [0.2, 0.25) is 5.91 Å². The van der Waals surface area contributed by atoms with E-state index in [-0.39, 0.29) is 18.1 Å². The van der Waals surface area contributed by atoms with Crippen LogP contribution in [0.5, 0.6) is 0 Å². The van der Waals surface area contributed by atoms with E-state index in [4.69, 9.17) is 0 Å². The van der Waals surface area contributed by atoms with E-state index in [9.17, 15) is 9.00 Å². The number of carbonyl (C=O) groups is 1. The van der Waals surface area contributed by atoms with Gasteiger partial charge >= 0.3 is 0 Å². The number of nitrogens with one attached hydrogen (secondary N) is 1. The molecule has 1 fully saturated rings. The molecule has 1 amide bonds. The molecule has 1 aromatic rings. The molecule has 1 N–H and O–H groups in total. The van der Waals surface area contributed by atoms with Crippen molar-refractivity contribution in [3.8, 4) is 0 Å². The Morgan fingerprint density at radius 3 is 2.74 bits per heavy atom. The molecule has 0 aromatic heterocycles. The fraction of sp³-hybridized carbons (Fsp3) is 0.500. The maximum Gasteiger partial charge on any atom is 0.238 e. The Kier molecular flexibility index (Phi) is 4.71. The van der Waals surface area contributed by atoms with Gasteiger partial charge in [-0.1, -0.05) is 30.3 Å². The van der Waals surface area contributed by atoms with Crippen molar-refractivity contribution in [2.75, 3.05) is 18.6 Å². The van der Waals surface area contributed by atoms with Crippen LogP contribution in [0, 0.1) is 0 Å². The summed E-state index contributed by atoms with van der Waals surface area (Å²) in [6.07, 6.45) is 2.40. The number of nitrogens with zero attached hydrogens (tertiary/aromatic N) is 1. The lowest BCUT2D eigenvalue weighted by atomic mass is 10.1. The van der Waals surface area contributed by atoms with Crippen LogP contribution in [-0.2, 0) is 15.6 Å². The van der Waals surface area contributed by atoms with Gasteiger partial charge in [0, 0.05) is 28.9 Å². The Hall–Kier alpha value is -1.20. The van der Waals surface area contributed by atoms with Gasteiger partial charge in [-0.2, -0.15) is 0 Å². The Labute approximate surface area is 116 Å².